The Hall–Kier alpha value is -0.650. The second kappa shape index (κ2) is 6.47. The van der Waals surface area contributed by atoms with Gasteiger partial charge in [-0.2, -0.15) is 8.42 Å². The zero-order valence-electron chi connectivity index (χ0n) is 5.38. The van der Waals surface area contributed by atoms with Gasteiger partial charge in [0.1, 0.15) is 0 Å². The summed E-state index contributed by atoms with van der Waals surface area (Å²) < 4.78 is 41.2. The minimum Gasteiger partial charge on any atom is -0.502 e. The van der Waals surface area contributed by atoms with Gasteiger partial charge >= 0.3 is 10.6 Å². The molecule has 0 aliphatic rings. The minimum atomic E-state index is -5.67. The van der Waals surface area contributed by atoms with Crippen LogP contribution in [-0.4, -0.2) is 15.0 Å². The van der Waals surface area contributed by atoms with E-state index in [1.54, 1.807) is 0 Å². The van der Waals surface area contributed by atoms with Gasteiger partial charge in [0.15, 0.2) is 0 Å². The lowest BCUT2D eigenvalue weighted by Crippen LogP contribution is -1.72. The van der Waals surface area contributed by atoms with E-state index in [0.717, 1.165) is 6.61 Å². The first kappa shape index (κ1) is 12.1. The average Bonchev–Trinajstić information content (AvgIpc) is 1.63. The highest BCUT2D eigenvalue weighted by atomic mass is 32.3. The summed E-state index contributed by atoms with van der Waals surface area (Å²) in [6.07, 6.45) is 1.43. The molecule has 0 rings (SSSR count). The predicted octanol–water partition coefficient (Wildman–Crippen LogP) is 1.34. The van der Waals surface area contributed by atoms with E-state index in [2.05, 4.69) is 11.3 Å². The third-order valence-corrected chi connectivity index (χ3v) is 0.285. The van der Waals surface area contributed by atoms with Crippen molar-refractivity contribution in [3.8, 4) is 0 Å². The van der Waals surface area contributed by atoms with Gasteiger partial charge in [0.2, 0.25) is 0 Å². The third-order valence-electron chi connectivity index (χ3n) is 0.285. The lowest BCUT2D eigenvalue weighted by atomic mass is 10.9. The van der Waals surface area contributed by atoms with Crippen LogP contribution in [0.1, 0.15) is 6.92 Å². The van der Waals surface area contributed by atoms with Crippen LogP contribution in [-0.2, 0) is 15.3 Å². The average molecular weight is 174 g/mol. The lowest BCUT2D eigenvalue weighted by Gasteiger charge is -1.84. The highest BCUT2D eigenvalue weighted by molar-refractivity contribution is 7.81. The lowest BCUT2D eigenvalue weighted by molar-refractivity contribution is 0.270. The van der Waals surface area contributed by atoms with E-state index in [0.29, 0.717) is 0 Å². The van der Waals surface area contributed by atoms with Crippen molar-refractivity contribution < 1.29 is 20.9 Å². The molecule has 0 aromatic carbocycles. The molecule has 0 N–H and O–H groups in total. The Kier molecular flexibility index (Phi) is 7.81. The third kappa shape index (κ3) is 163. The largest absolute Gasteiger partial charge is 0.502 e. The second-order valence-electron chi connectivity index (χ2n) is 1.00. The monoisotopic (exact) mass is 174 g/mol. The Bertz CT molecular complexity index is 155. The van der Waals surface area contributed by atoms with Crippen LogP contribution in [0, 0.1) is 0 Å². The molecule has 62 valence electrons. The van der Waals surface area contributed by atoms with Crippen molar-refractivity contribution in [1.82, 2.24) is 0 Å². The van der Waals surface area contributed by atoms with Crippen molar-refractivity contribution in [1.29, 1.82) is 0 Å². The van der Waals surface area contributed by atoms with E-state index < -0.39 is 10.6 Å². The van der Waals surface area contributed by atoms with Crippen LogP contribution in [0.25, 0.3) is 0 Å². The zero-order valence-corrected chi connectivity index (χ0v) is 6.20. The first-order chi connectivity index (χ1) is 4.41. The fraction of sp³-hybridized carbons (Fsp3) is 0.500. The van der Waals surface area contributed by atoms with Crippen LogP contribution >= 0.6 is 0 Å². The molecule has 0 atom stereocenters. The molecule has 6 heteroatoms. The van der Waals surface area contributed by atoms with E-state index in [1.807, 2.05) is 6.92 Å². The minimum absolute atomic E-state index is 0.726. The first-order valence-corrected chi connectivity index (χ1v) is 3.57. The van der Waals surface area contributed by atoms with Crippen molar-refractivity contribution in [2.24, 2.45) is 0 Å². The molecular formula is C4H8F2O3S. The zero-order chi connectivity index (χ0) is 8.62. The van der Waals surface area contributed by atoms with Crippen LogP contribution in [0.3, 0.4) is 0 Å². The SMILES string of the molecule is C=COCC.O=S(=O)(F)F. The maximum Gasteiger partial charge on any atom is 0.476 e. The van der Waals surface area contributed by atoms with Gasteiger partial charge < -0.3 is 4.74 Å². The summed E-state index contributed by atoms with van der Waals surface area (Å²) in [7, 11) is -5.67. The quantitative estimate of drug-likeness (QED) is 0.468. The molecule has 0 spiro atoms. The fourth-order valence-corrected chi connectivity index (χ4v) is 0.118. The van der Waals surface area contributed by atoms with Crippen LogP contribution in [0.15, 0.2) is 12.8 Å². The summed E-state index contributed by atoms with van der Waals surface area (Å²) in [5.74, 6) is 0. The molecule has 10 heavy (non-hydrogen) atoms. The highest BCUT2D eigenvalue weighted by Gasteiger charge is 1.94. The van der Waals surface area contributed by atoms with Gasteiger partial charge in [-0.25, -0.2) is 0 Å². The molecule has 0 fully saturated rings. The van der Waals surface area contributed by atoms with Crippen LogP contribution < -0.4 is 0 Å². The van der Waals surface area contributed by atoms with Gasteiger partial charge in [0.05, 0.1) is 12.9 Å². The van der Waals surface area contributed by atoms with Crippen molar-refractivity contribution in [3.05, 3.63) is 12.8 Å². The van der Waals surface area contributed by atoms with Gasteiger partial charge in [-0.3, -0.25) is 0 Å². The molecule has 0 heterocycles. The molecule has 0 saturated carbocycles. The van der Waals surface area contributed by atoms with E-state index in [9.17, 15) is 7.77 Å². The van der Waals surface area contributed by atoms with Crippen LogP contribution in [0.5, 0.6) is 0 Å². The van der Waals surface area contributed by atoms with Crippen molar-refractivity contribution in [2.75, 3.05) is 6.61 Å². The summed E-state index contributed by atoms with van der Waals surface area (Å²) >= 11 is 0. The van der Waals surface area contributed by atoms with Crippen molar-refractivity contribution in [3.63, 3.8) is 0 Å². The summed E-state index contributed by atoms with van der Waals surface area (Å²) in [6, 6.07) is 0. The maximum absolute atomic E-state index is 9.99. The highest BCUT2D eigenvalue weighted by Crippen LogP contribution is 1.85. The Morgan fingerprint density at radius 2 is 1.90 bits per heavy atom. The molecule has 0 amide bonds. The standard InChI is InChI=1S/C4H8O.F2O2S/c1-3-5-4-2;1-5(2,3)4/h3H,1,4H2,2H3;. The van der Waals surface area contributed by atoms with Crippen LogP contribution in [0.4, 0.5) is 7.77 Å². The molecular weight excluding hydrogens is 166 g/mol. The molecule has 0 aromatic rings. The van der Waals surface area contributed by atoms with Crippen LogP contribution in [0.2, 0.25) is 0 Å². The van der Waals surface area contributed by atoms with Crippen molar-refractivity contribution >= 4 is 10.6 Å². The number of rotatable bonds is 2. The summed E-state index contributed by atoms with van der Waals surface area (Å²) in [6.45, 7) is 5.97. The molecule has 0 bridgehead atoms. The molecule has 0 unspecified atom stereocenters. The van der Waals surface area contributed by atoms with E-state index in [1.165, 1.54) is 6.26 Å². The first-order valence-electron chi connectivity index (χ1n) is 2.28. The van der Waals surface area contributed by atoms with Gasteiger partial charge in [0.25, 0.3) is 0 Å². The Morgan fingerprint density at radius 1 is 1.60 bits per heavy atom. The Morgan fingerprint density at radius 3 is 1.90 bits per heavy atom. The Labute approximate surface area is 58.8 Å². The molecule has 0 aliphatic carbocycles. The molecule has 3 nitrogen and oxygen atoms in total. The summed E-state index contributed by atoms with van der Waals surface area (Å²) in [4.78, 5) is 0. The number of hydrogen-bond donors (Lipinski definition) is 0. The number of halogens is 2. The van der Waals surface area contributed by atoms with Gasteiger partial charge in [-0.05, 0) is 6.92 Å². The van der Waals surface area contributed by atoms with E-state index >= 15 is 0 Å². The van der Waals surface area contributed by atoms with Gasteiger partial charge in [0, 0.05) is 0 Å². The van der Waals surface area contributed by atoms with E-state index in [-0.39, 0.29) is 0 Å². The summed E-state index contributed by atoms with van der Waals surface area (Å²) in [5, 5.41) is 0. The topological polar surface area (TPSA) is 43.4 Å². The molecule has 0 aliphatic heterocycles. The number of hydrogen-bond acceptors (Lipinski definition) is 3. The Balaban J connectivity index is 0. The van der Waals surface area contributed by atoms with Gasteiger partial charge in [-0.1, -0.05) is 14.4 Å². The normalized spacial score (nSPS) is 9.10. The smallest absolute Gasteiger partial charge is 0.476 e. The maximum atomic E-state index is 9.99. The fourth-order valence-electron chi connectivity index (χ4n) is 0.118. The summed E-state index contributed by atoms with van der Waals surface area (Å²) in [5.41, 5.74) is 0. The molecule has 0 radical (unpaired) electrons. The van der Waals surface area contributed by atoms with Gasteiger partial charge in [-0.15, -0.1) is 0 Å². The van der Waals surface area contributed by atoms with E-state index in [4.69, 9.17) is 8.42 Å². The van der Waals surface area contributed by atoms with Crippen molar-refractivity contribution in [2.45, 2.75) is 6.92 Å². The molecule has 0 saturated heterocycles. The molecule has 0 aromatic heterocycles. The number of ether oxygens (including phenoxy) is 1. The second-order valence-corrected chi connectivity index (χ2v) is 1.76. The predicted molar refractivity (Wildman–Crippen MR) is 33.0 cm³/mol.